The van der Waals surface area contributed by atoms with E-state index in [0.717, 1.165) is 11.3 Å². The van der Waals surface area contributed by atoms with E-state index in [-0.39, 0.29) is 11.9 Å². The molecule has 1 unspecified atom stereocenters. The van der Waals surface area contributed by atoms with Gasteiger partial charge in [0.15, 0.2) is 5.76 Å². The van der Waals surface area contributed by atoms with Crippen LogP contribution in [0.15, 0.2) is 47.1 Å². The van der Waals surface area contributed by atoms with Gasteiger partial charge in [-0.1, -0.05) is 18.2 Å². The minimum absolute atomic E-state index is 0.202. The van der Waals surface area contributed by atoms with E-state index in [1.165, 1.54) is 6.26 Å². The molecule has 1 amide bonds. The van der Waals surface area contributed by atoms with E-state index in [1.54, 1.807) is 6.07 Å². The molecule has 0 aliphatic rings. The maximum absolute atomic E-state index is 12.1. The molecule has 1 aromatic heterocycles. The zero-order valence-electron chi connectivity index (χ0n) is 12.3. The predicted molar refractivity (Wildman–Crippen MR) is 80.3 cm³/mol. The average Bonchev–Trinajstić information content (AvgIpc) is 2.99. The number of hydrogen-bond donors (Lipinski definition) is 2. The number of para-hydroxylation sites is 1. The average molecular weight is 288 g/mol. The first-order valence-corrected chi connectivity index (χ1v) is 6.90. The lowest BCUT2D eigenvalue weighted by Gasteiger charge is -2.11. The number of likely N-dealkylation sites (N-methyl/N-ethyl adjacent to an activating group) is 1. The maximum Gasteiger partial charge on any atom is 0.287 e. The SMILES string of the molecule is CNC(C)CNC(=O)c1occc1COc1ccccc1. The molecule has 0 radical (unpaired) electrons. The van der Waals surface area contributed by atoms with Crippen LogP contribution in [0.1, 0.15) is 23.0 Å². The molecule has 0 fully saturated rings. The molecule has 0 saturated carbocycles. The number of ether oxygens (including phenoxy) is 1. The van der Waals surface area contributed by atoms with Crippen LogP contribution in [-0.4, -0.2) is 25.5 Å². The Bertz CT molecular complexity index is 566. The Morgan fingerprint density at radius 3 is 2.76 bits per heavy atom. The number of nitrogens with one attached hydrogen (secondary N) is 2. The predicted octanol–water partition coefficient (Wildman–Crippen LogP) is 2.20. The largest absolute Gasteiger partial charge is 0.489 e. The monoisotopic (exact) mass is 288 g/mol. The van der Waals surface area contributed by atoms with Crippen molar-refractivity contribution in [3.63, 3.8) is 0 Å². The van der Waals surface area contributed by atoms with Gasteiger partial charge in [0, 0.05) is 18.2 Å². The number of amides is 1. The van der Waals surface area contributed by atoms with Crippen molar-refractivity contribution in [1.82, 2.24) is 10.6 Å². The van der Waals surface area contributed by atoms with E-state index in [2.05, 4.69) is 10.6 Å². The zero-order chi connectivity index (χ0) is 15.1. The highest BCUT2D eigenvalue weighted by Crippen LogP contribution is 2.15. The Balaban J connectivity index is 1.93. The molecule has 1 heterocycles. The Morgan fingerprint density at radius 1 is 1.29 bits per heavy atom. The number of rotatable bonds is 7. The second-order valence-corrected chi connectivity index (χ2v) is 4.78. The number of furan rings is 1. The Labute approximate surface area is 124 Å². The minimum Gasteiger partial charge on any atom is -0.489 e. The van der Waals surface area contributed by atoms with Crippen molar-refractivity contribution in [2.24, 2.45) is 0 Å². The number of carbonyl (C=O) groups is 1. The van der Waals surface area contributed by atoms with Crippen LogP contribution in [0.4, 0.5) is 0 Å². The van der Waals surface area contributed by atoms with Crippen LogP contribution in [0, 0.1) is 0 Å². The van der Waals surface area contributed by atoms with Crippen LogP contribution in [0.3, 0.4) is 0 Å². The van der Waals surface area contributed by atoms with E-state index in [9.17, 15) is 4.79 Å². The summed E-state index contributed by atoms with van der Waals surface area (Å²) in [5.74, 6) is 0.830. The van der Waals surface area contributed by atoms with Gasteiger partial charge in [-0.15, -0.1) is 0 Å². The van der Waals surface area contributed by atoms with Gasteiger partial charge in [0.2, 0.25) is 0 Å². The van der Waals surface area contributed by atoms with Crippen LogP contribution >= 0.6 is 0 Å². The molecule has 5 nitrogen and oxygen atoms in total. The maximum atomic E-state index is 12.1. The molecule has 0 saturated heterocycles. The Hall–Kier alpha value is -2.27. The fraction of sp³-hybridized carbons (Fsp3) is 0.312. The summed E-state index contributed by atoms with van der Waals surface area (Å²) in [5, 5.41) is 5.88. The van der Waals surface area contributed by atoms with Gasteiger partial charge in [-0.25, -0.2) is 0 Å². The second kappa shape index (κ2) is 7.50. The van der Waals surface area contributed by atoms with E-state index >= 15 is 0 Å². The van der Waals surface area contributed by atoms with Gasteiger partial charge >= 0.3 is 0 Å². The fourth-order valence-corrected chi connectivity index (χ4v) is 1.75. The lowest BCUT2D eigenvalue weighted by Crippen LogP contribution is -2.37. The first-order chi connectivity index (χ1) is 10.2. The number of hydrogen-bond acceptors (Lipinski definition) is 4. The van der Waals surface area contributed by atoms with Crippen LogP contribution in [0.2, 0.25) is 0 Å². The summed E-state index contributed by atoms with van der Waals surface area (Å²) in [4.78, 5) is 12.1. The molecule has 1 aromatic carbocycles. The van der Waals surface area contributed by atoms with Crippen LogP contribution in [0.25, 0.3) is 0 Å². The summed E-state index contributed by atoms with van der Waals surface area (Å²) in [7, 11) is 1.85. The molecule has 112 valence electrons. The van der Waals surface area contributed by atoms with Gasteiger partial charge in [0.05, 0.1) is 6.26 Å². The third kappa shape index (κ3) is 4.36. The van der Waals surface area contributed by atoms with Crippen molar-refractivity contribution in [2.75, 3.05) is 13.6 Å². The van der Waals surface area contributed by atoms with Crippen molar-refractivity contribution >= 4 is 5.91 Å². The smallest absolute Gasteiger partial charge is 0.287 e. The summed E-state index contributed by atoms with van der Waals surface area (Å²) in [6.45, 7) is 2.82. The van der Waals surface area contributed by atoms with E-state index in [4.69, 9.17) is 9.15 Å². The van der Waals surface area contributed by atoms with Crippen LogP contribution < -0.4 is 15.4 Å². The Morgan fingerprint density at radius 2 is 2.05 bits per heavy atom. The number of carbonyl (C=O) groups excluding carboxylic acids is 1. The molecule has 1 atom stereocenters. The second-order valence-electron chi connectivity index (χ2n) is 4.78. The minimum atomic E-state index is -0.228. The van der Waals surface area contributed by atoms with E-state index < -0.39 is 0 Å². The molecule has 5 heteroatoms. The highest BCUT2D eigenvalue weighted by atomic mass is 16.5. The van der Waals surface area contributed by atoms with Gasteiger partial charge < -0.3 is 19.8 Å². The molecule has 0 aliphatic heterocycles. The third-order valence-electron chi connectivity index (χ3n) is 3.15. The fourth-order valence-electron chi connectivity index (χ4n) is 1.75. The highest BCUT2D eigenvalue weighted by molar-refractivity contribution is 5.92. The topological polar surface area (TPSA) is 63.5 Å². The van der Waals surface area contributed by atoms with Crippen molar-refractivity contribution in [1.29, 1.82) is 0 Å². The van der Waals surface area contributed by atoms with Gasteiger partial charge in [-0.2, -0.15) is 0 Å². The Kier molecular flexibility index (Phi) is 5.40. The van der Waals surface area contributed by atoms with E-state index in [0.29, 0.717) is 18.9 Å². The zero-order valence-corrected chi connectivity index (χ0v) is 12.3. The summed E-state index contributed by atoms with van der Waals surface area (Å²) in [6.07, 6.45) is 1.50. The molecule has 2 aromatic rings. The van der Waals surface area contributed by atoms with Crippen molar-refractivity contribution < 1.29 is 13.9 Å². The van der Waals surface area contributed by atoms with Gasteiger partial charge in [-0.3, -0.25) is 4.79 Å². The van der Waals surface area contributed by atoms with E-state index in [1.807, 2.05) is 44.3 Å². The van der Waals surface area contributed by atoms with Gasteiger partial charge in [0.1, 0.15) is 12.4 Å². The first kappa shape index (κ1) is 15.1. The molecule has 21 heavy (non-hydrogen) atoms. The molecule has 2 rings (SSSR count). The quantitative estimate of drug-likeness (QED) is 0.820. The lowest BCUT2D eigenvalue weighted by molar-refractivity contribution is 0.0919. The standard InChI is InChI=1S/C16H20N2O3/c1-12(17-2)10-18-16(19)15-13(8-9-20-15)11-21-14-6-4-3-5-7-14/h3-9,12,17H,10-11H2,1-2H3,(H,18,19). The number of benzene rings is 1. The molecule has 0 spiro atoms. The van der Waals surface area contributed by atoms with Gasteiger partial charge in [0.25, 0.3) is 5.91 Å². The summed E-state index contributed by atoms with van der Waals surface area (Å²) >= 11 is 0. The summed E-state index contributed by atoms with van der Waals surface area (Å²) < 4.78 is 10.9. The van der Waals surface area contributed by atoms with Crippen LogP contribution in [-0.2, 0) is 6.61 Å². The molecule has 2 N–H and O–H groups in total. The van der Waals surface area contributed by atoms with Crippen molar-refractivity contribution in [3.05, 3.63) is 54.0 Å². The van der Waals surface area contributed by atoms with Gasteiger partial charge in [-0.05, 0) is 32.2 Å². The molecule has 0 bridgehead atoms. The lowest BCUT2D eigenvalue weighted by atomic mass is 10.2. The normalized spacial score (nSPS) is 11.9. The van der Waals surface area contributed by atoms with Crippen molar-refractivity contribution in [3.8, 4) is 5.75 Å². The third-order valence-corrected chi connectivity index (χ3v) is 3.15. The molecular weight excluding hydrogens is 268 g/mol. The highest BCUT2D eigenvalue weighted by Gasteiger charge is 2.16. The summed E-state index contributed by atoms with van der Waals surface area (Å²) in [6, 6.07) is 11.4. The summed E-state index contributed by atoms with van der Waals surface area (Å²) in [5.41, 5.74) is 0.730. The molecular formula is C16H20N2O3. The van der Waals surface area contributed by atoms with Crippen molar-refractivity contribution in [2.45, 2.75) is 19.6 Å². The molecule has 0 aliphatic carbocycles. The van der Waals surface area contributed by atoms with Crippen LogP contribution in [0.5, 0.6) is 5.75 Å². The first-order valence-electron chi connectivity index (χ1n) is 6.90.